The van der Waals surface area contributed by atoms with Gasteiger partial charge in [-0.2, -0.15) is 0 Å². The fraction of sp³-hybridized carbons (Fsp3) is 0.333. The quantitative estimate of drug-likeness (QED) is 0.505. The molecule has 1 amide bonds. The molecular formula is C24H30N4O. The first-order valence-electron chi connectivity index (χ1n) is 10.1. The Morgan fingerprint density at radius 3 is 2.17 bits per heavy atom. The van der Waals surface area contributed by atoms with E-state index in [0.29, 0.717) is 12.4 Å². The highest BCUT2D eigenvalue weighted by atomic mass is 16.1. The molecule has 29 heavy (non-hydrogen) atoms. The number of H-pyrrole nitrogens is 1. The monoisotopic (exact) mass is 390 g/mol. The van der Waals surface area contributed by atoms with Gasteiger partial charge in [-0.15, -0.1) is 0 Å². The van der Waals surface area contributed by atoms with Crippen LogP contribution in [0.25, 0.3) is 22.5 Å². The van der Waals surface area contributed by atoms with Gasteiger partial charge in [-0.1, -0.05) is 60.7 Å². The van der Waals surface area contributed by atoms with Gasteiger partial charge in [0.25, 0.3) is 0 Å². The third-order valence-electron chi connectivity index (χ3n) is 4.52. The molecule has 0 aliphatic heterocycles. The number of aromatic amines is 1. The van der Waals surface area contributed by atoms with E-state index >= 15 is 0 Å². The van der Waals surface area contributed by atoms with Crippen LogP contribution in [0.2, 0.25) is 0 Å². The predicted octanol–water partition coefficient (Wildman–Crippen LogP) is 4.18. The average Bonchev–Trinajstić information content (AvgIpc) is 3.12. The van der Waals surface area contributed by atoms with Crippen LogP contribution in [-0.4, -0.2) is 34.5 Å². The molecule has 2 aromatic carbocycles. The summed E-state index contributed by atoms with van der Waals surface area (Å²) < 4.78 is 0. The van der Waals surface area contributed by atoms with Gasteiger partial charge in [0.1, 0.15) is 5.82 Å². The largest absolute Gasteiger partial charge is 0.356 e. The van der Waals surface area contributed by atoms with E-state index in [1.165, 1.54) is 0 Å². The molecule has 0 aliphatic rings. The zero-order valence-corrected chi connectivity index (χ0v) is 17.5. The smallest absolute Gasteiger partial charge is 0.227 e. The van der Waals surface area contributed by atoms with Crippen molar-refractivity contribution in [2.75, 3.05) is 13.1 Å². The molecule has 1 aromatic heterocycles. The van der Waals surface area contributed by atoms with E-state index in [1.807, 2.05) is 60.7 Å². The van der Waals surface area contributed by atoms with Crippen LogP contribution in [0.5, 0.6) is 0 Å². The van der Waals surface area contributed by atoms with Crippen LogP contribution in [0, 0.1) is 0 Å². The van der Waals surface area contributed by atoms with Crippen molar-refractivity contribution in [1.29, 1.82) is 0 Å². The number of hydrogen-bond acceptors (Lipinski definition) is 3. The predicted molar refractivity (Wildman–Crippen MR) is 119 cm³/mol. The highest BCUT2D eigenvalue weighted by Crippen LogP contribution is 2.29. The number of carbonyl (C=O) groups is 1. The molecule has 1 heterocycles. The zero-order chi connectivity index (χ0) is 20.7. The summed E-state index contributed by atoms with van der Waals surface area (Å²) in [5.74, 6) is 0.654. The molecule has 0 radical (unpaired) electrons. The summed E-state index contributed by atoms with van der Waals surface area (Å²) in [6.07, 6.45) is 1.13. The molecule has 0 bridgehead atoms. The minimum Gasteiger partial charge on any atom is -0.356 e. The van der Waals surface area contributed by atoms with Gasteiger partial charge in [0.2, 0.25) is 5.91 Å². The molecule has 5 nitrogen and oxygen atoms in total. The topological polar surface area (TPSA) is 69.8 Å². The van der Waals surface area contributed by atoms with Gasteiger partial charge in [-0.3, -0.25) is 4.79 Å². The van der Waals surface area contributed by atoms with Gasteiger partial charge in [0, 0.05) is 23.2 Å². The number of imidazole rings is 1. The summed E-state index contributed by atoms with van der Waals surface area (Å²) in [5, 5.41) is 6.41. The van der Waals surface area contributed by atoms with Gasteiger partial charge < -0.3 is 15.6 Å². The molecule has 3 aromatic rings. The normalized spacial score (nSPS) is 11.4. The summed E-state index contributed by atoms with van der Waals surface area (Å²) in [6, 6.07) is 20.1. The van der Waals surface area contributed by atoms with Crippen molar-refractivity contribution in [2.45, 2.75) is 39.2 Å². The maximum absolute atomic E-state index is 12.4. The Labute approximate surface area is 173 Å². The van der Waals surface area contributed by atoms with Gasteiger partial charge in [-0.05, 0) is 33.7 Å². The second kappa shape index (κ2) is 9.52. The Morgan fingerprint density at radius 1 is 0.931 bits per heavy atom. The van der Waals surface area contributed by atoms with Gasteiger partial charge in [0.05, 0.1) is 17.8 Å². The first-order valence-corrected chi connectivity index (χ1v) is 10.1. The molecule has 0 spiro atoms. The highest BCUT2D eigenvalue weighted by Gasteiger charge is 2.16. The first kappa shape index (κ1) is 20.8. The van der Waals surface area contributed by atoms with E-state index < -0.39 is 0 Å². The molecule has 5 heteroatoms. The fourth-order valence-electron chi connectivity index (χ4n) is 3.12. The van der Waals surface area contributed by atoms with Crippen LogP contribution in [0.1, 0.15) is 33.0 Å². The summed E-state index contributed by atoms with van der Waals surface area (Å²) in [7, 11) is 0. The number of rotatable bonds is 8. The SMILES string of the molecule is CC(C)(C)NCCCNC(=O)Cc1nc(-c2ccccc2)c(-c2ccccc2)[nH]1. The van der Waals surface area contributed by atoms with Crippen molar-refractivity contribution >= 4 is 5.91 Å². The van der Waals surface area contributed by atoms with E-state index in [2.05, 4.69) is 36.4 Å². The highest BCUT2D eigenvalue weighted by molar-refractivity contribution is 5.81. The Hall–Kier alpha value is -2.92. The summed E-state index contributed by atoms with van der Waals surface area (Å²) >= 11 is 0. The number of aromatic nitrogens is 2. The second-order valence-electron chi connectivity index (χ2n) is 8.20. The third kappa shape index (κ3) is 6.29. The van der Waals surface area contributed by atoms with Crippen molar-refractivity contribution < 1.29 is 4.79 Å². The fourth-order valence-corrected chi connectivity index (χ4v) is 3.12. The van der Waals surface area contributed by atoms with Crippen molar-refractivity contribution in [2.24, 2.45) is 0 Å². The van der Waals surface area contributed by atoms with Crippen LogP contribution in [0.3, 0.4) is 0 Å². The lowest BCUT2D eigenvalue weighted by atomic mass is 10.1. The molecular weight excluding hydrogens is 360 g/mol. The molecule has 3 N–H and O–H groups in total. The Balaban J connectivity index is 1.67. The van der Waals surface area contributed by atoms with Crippen molar-refractivity contribution in [3.05, 3.63) is 66.5 Å². The number of nitrogens with one attached hydrogen (secondary N) is 3. The lowest BCUT2D eigenvalue weighted by molar-refractivity contribution is -0.120. The zero-order valence-electron chi connectivity index (χ0n) is 17.5. The van der Waals surface area contributed by atoms with Crippen molar-refractivity contribution in [1.82, 2.24) is 20.6 Å². The van der Waals surface area contributed by atoms with Gasteiger partial charge in [-0.25, -0.2) is 4.98 Å². The number of benzene rings is 2. The third-order valence-corrected chi connectivity index (χ3v) is 4.52. The average molecular weight is 391 g/mol. The van der Waals surface area contributed by atoms with Crippen molar-refractivity contribution in [3.63, 3.8) is 0 Å². The summed E-state index contributed by atoms with van der Waals surface area (Å²) in [6.45, 7) is 7.94. The summed E-state index contributed by atoms with van der Waals surface area (Å²) in [5.41, 5.74) is 3.99. The molecule has 0 saturated heterocycles. The second-order valence-corrected chi connectivity index (χ2v) is 8.20. The molecule has 0 fully saturated rings. The van der Waals surface area contributed by atoms with E-state index in [1.54, 1.807) is 0 Å². The Morgan fingerprint density at radius 2 is 1.55 bits per heavy atom. The number of carbonyl (C=O) groups excluding carboxylic acids is 1. The van der Waals surface area contributed by atoms with Crippen LogP contribution in [-0.2, 0) is 11.2 Å². The van der Waals surface area contributed by atoms with Crippen LogP contribution in [0.15, 0.2) is 60.7 Å². The standard InChI is InChI=1S/C24H30N4O/c1-24(2,3)26-16-10-15-25-21(29)17-20-27-22(18-11-6-4-7-12-18)23(28-20)19-13-8-5-9-14-19/h4-9,11-14,26H,10,15-17H2,1-3H3,(H,25,29)(H,27,28). The Kier molecular flexibility index (Phi) is 6.83. The van der Waals surface area contributed by atoms with E-state index in [4.69, 9.17) is 4.98 Å². The molecule has 3 rings (SSSR count). The lowest BCUT2D eigenvalue weighted by Gasteiger charge is -2.20. The van der Waals surface area contributed by atoms with Crippen LogP contribution >= 0.6 is 0 Å². The minimum absolute atomic E-state index is 0.0197. The summed E-state index contributed by atoms with van der Waals surface area (Å²) in [4.78, 5) is 20.5. The molecule has 152 valence electrons. The van der Waals surface area contributed by atoms with E-state index in [-0.39, 0.29) is 17.9 Å². The maximum Gasteiger partial charge on any atom is 0.227 e. The molecule has 0 aliphatic carbocycles. The first-order chi connectivity index (χ1) is 13.9. The number of nitrogens with zero attached hydrogens (tertiary/aromatic N) is 1. The van der Waals surface area contributed by atoms with Crippen LogP contribution < -0.4 is 10.6 Å². The number of amides is 1. The van der Waals surface area contributed by atoms with E-state index in [9.17, 15) is 4.79 Å². The minimum atomic E-state index is -0.0197. The van der Waals surface area contributed by atoms with Crippen molar-refractivity contribution in [3.8, 4) is 22.5 Å². The molecule has 0 unspecified atom stereocenters. The van der Waals surface area contributed by atoms with Gasteiger partial charge >= 0.3 is 0 Å². The molecule has 0 saturated carbocycles. The lowest BCUT2D eigenvalue weighted by Crippen LogP contribution is -2.38. The van der Waals surface area contributed by atoms with Crippen LogP contribution in [0.4, 0.5) is 0 Å². The number of hydrogen-bond donors (Lipinski definition) is 3. The maximum atomic E-state index is 12.4. The molecule has 0 atom stereocenters. The van der Waals surface area contributed by atoms with Gasteiger partial charge in [0.15, 0.2) is 0 Å². The Bertz CT molecular complexity index is 854. The van der Waals surface area contributed by atoms with E-state index in [0.717, 1.165) is 35.5 Å².